The zero-order valence-electron chi connectivity index (χ0n) is 9.36. The molecule has 0 aromatic carbocycles. The summed E-state index contributed by atoms with van der Waals surface area (Å²) in [7, 11) is 0. The molecule has 1 aliphatic heterocycles. The first kappa shape index (κ1) is 14.0. The first-order valence-electron chi connectivity index (χ1n) is 5.49. The summed E-state index contributed by atoms with van der Waals surface area (Å²) in [6.45, 7) is 0.517. The largest absolute Gasteiger partial charge is 0.480 e. The van der Waals surface area contributed by atoms with Gasteiger partial charge in [-0.3, -0.25) is 4.79 Å². The second-order valence-electron chi connectivity index (χ2n) is 4.08. The van der Waals surface area contributed by atoms with Crippen molar-refractivity contribution in [3.05, 3.63) is 19.2 Å². The van der Waals surface area contributed by atoms with E-state index in [1.807, 2.05) is 0 Å². The number of piperidine rings is 1. The Hall–Kier alpha value is -0.400. The Morgan fingerprint density at radius 2 is 2.11 bits per heavy atom. The van der Waals surface area contributed by atoms with Crippen LogP contribution in [-0.2, 0) is 4.79 Å². The zero-order chi connectivity index (χ0) is 13.3. The Bertz CT molecular complexity index is 469. The molecule has 0 bridgehead atoms. The molecule has 1 fully saturated rings. The predicted octanol–water partition coefficient (Wildman–Crippen LogP) is 3.35. The second-order valence-corrected chi connectivity index (χ2v) is 7.31. The molecule has 0 unspecified atom stereocenters. The van der Waals surface area contributed by atoms with Crippen LogP contribution in [0.4, 0.5) is 0 Å². The van der Waals surface area contributed by atoms with Gasteiger partial charge in [0.05, 0.1) is 8.66 Å². The van der Waals surface area contributed by atoms with Crippen molar-refractivity contribution in [3.63, 3.8) is 0 Å². The van der Waals surface area contributed by atoms with E-state index in [2.05, 4.69) is 31.9 Å². The van der Waals surface area contributed by atoms with Crippen LogP contribution in [0.15, 0.2) is 14.3 Å². The van der Waals surface area contributed by atoms with Crippen molar-refractivity contribution in [2.45, 2.75) is 25.3 Å². The third-order valence-corrected chi connectivity index (χ3v) is 6.15. The van der Waals surface area contributed by atoms with Crippen molar-refractivity contribution in [1.29, 1.82) is 0 Å². The molecule has 1 aromatic rings. The normalized spacial score (nSPS) is 19.9. The van der Waals surface area contributed by atoms with Crippen LogP contribution in [0.2, 0.25) is 0 Å². The summed E-state index contributed by atoms with van der Waals surface area (Å²) in [5, 5.41) is 9.16. The Balaban J connectivity index is 2.23. The number of carbonyl (C=O) groups excluding carboxylic acids is 1. The summed E-state index contributed by atoms with van der Waals surface area (Å²) in [4.78, 5) is 25.5. The van der Waals surface area contributed by atoms with Gasteiger partial charge < -0.3 is 10.0 Å². The fraction of sp³-hybridized carbons (Fsp3) is 0.455. The molecule has 1 aromatic heterocycles. The van der Waals surface area contributed by atoms with Crippen LogP contribution < -0.4 is 0 Å². The number of hydrogen-bond acceptors (Lipinski definition) is 3. The molecule has 0 saturated carbocycles. The minimum atomic E-state index is -0.919. The van der Waals surface area contributed by atoms with Gasteiger partial charge in [0.2, 0.25) is 0 Å². The number of carboxylic acid groups (broad SMARTS) is 1. The molecule has 98 valence electrons. The number of nitrogens with zero attached hydrogens (tertiary/aromatic N) is 1. The number of hydrogen-bond donors (Lipinski definition) is 1. The van der Waals surface area contributed by atoms with Crippen LogP contribution in [0.5, 0.6) is 0 Å². The monoisotopic (exact) mass is 395 g/mol. The molecular weight excluding hydrogens is 386 g/mol. The van der Waals surface area contributed by atoms with Gasteiger partial charge in [0.25, 0.3) is 5.91 Å². The topological polar surface area (TPSA) is 57.6 Å². The molecular formula is C11H11Br2NO3S. The van der Waals surface area contributed by atoms with Crippen molar-refractivity contribution >= 4 is 55.1 Å². The van der Waals surface area contributed by atoms with Gasteiger partial charge >= 0.3 is 5.97 Å². The van der Waals surface area contributed by atoms with Crippen molar-refractivity contribution in [3.8, 4) is 0 Å². The molecule has 2 heterocycles. The van der Waals surface area contributed by atoms with E-state index in [9.17, 15) is 9.59 Å². The third kappa shape index (κ3) is 2.78. The Kier molecular flexibility index (Phi) is 4.45. The van der Waals surface area contributed by atoms with Crippen molar-refractivity contribution in [2.24, 2.45) is 0 Å². The van der Waals surface area contributed by atoms with Crippen LogP contribution in [0.3, 0.4) is 0 Å². The average Bonchev–Trinajstić information content (AvgIpc) is 2.68. The Labute approximate surface area is 125 Å². The summed E-state index contributed by atoms with van der Waals surface area (Å²) in [6.07, 6.45) is 2.26. The highest BCUT2D eigenvalue weighted by molar-refractivity contribution is 9.13. The van der Waals surface area contributed by atoms with Crippen molar-refractivity contribution in [1.82, 2.24) is 4.90 Å². The zero-order valence-corrected chi connectivity index (χ0v) is 13.3. The first-order chi connectivity index (χ1) is 8.50. The van der Waals surface area contributed by atoms with Crippen LogP contribution in [-0.4, -0.2) is 34.5 Å². The van der Waals surface area contributed by atoms with Crippen molar-refractivity contribution < 1.29 is 14.7 Å². The summed E-state index contributed by atoms with van der Waals surface area (Å²) < 4.78 is 1.66. The molecule has 1 atom stereocenters. The fourth-order valence-corrected chi connectivity index (χ4v) is 4.02. The van der Waals surface area contributed by atoms with E-state index in [0.717, 1.165) is 21.1 Å². The second kappa shape index (κ2) is 5.71. The Morgan fingerprint density at radius 3 is 2.67 bits per heavy atom. The summed E-state index contributed by atoms with van der Waals surface area (Å²) in [5.74, 6) is -1.11. The van der Waals surface area contributed by atoms with Crippen LogP contribution >= 0.6 is 43.2 Å². The number of halogens is 2. The highest BCUT2D eigenvalue weighted by Gasteiger charge is 2.33. The number of thiophene rings is 1. The maximum Gasteiger partial charge on any atom is 0.326 e. The van der Waals surface area contributed by atoms with Gasteiger partial charge in [0.1, 0.15) is 6.04 Å². The molecule has 0 radical (unpaired) electrons. The third-order valence-electron chi connectivity index (χ3n) is 2.90. The molecule has 4 nitrogen and oxygen atoms in total. The van der Waals surface area contributed by atoms with Gasteiger partial charge in [0, 0.05) is 11.0 Å². The molecule has 2 rings (SSSR count). The lowest BCUT2D eigenvalue weighted by molar-refractivity contribution is -0.143. The van der Waals surface area contributed by atoms with E-state index in [1.165, 1.54) is 16.2 Å². The summed E-state index contributed by atoms with van der Waals surface area (Å²) >= 11 is 7.98. The molecule has 7 heteroatoms. The molecule has 1 amide bonds. The molecule has 0 aliphatic carbocycles. The lowest BCUT2D eigenvalue weighted by atomic mass is 10.0. The number of likely N-dealkylation sites (tertiary alicyclic amines) is 1. The number of rotatable bonds is 2. The van der Waals surface area contributed by atoms with Gasteiger partial charge in [-0.15, -0.1) is 11.3 Å². The van der Waals surface area contributed by atoms with Crippen LogP contribution in [0.25, 0.3) is 0 Å². The van der Waals surface area contributed by atoms with Gasteiger partial charge in [-0.2, -0.15) is 0 Å². The van der Waals surface area contributed by atoms with Crippen molar-refractivity contribution in [2.75, 3.05) is 6.54 Å². The summed E-state index contributed by atoms with van der Waals surface area (Å²) in [6, 6.07) is 1.04. The van der Waals surface area contributed by atoms with E-state index >= 15 is 0 Å². The van der Waals surface area contributed by atoms with E-state index < -0.39 is 12.0 Å². The van der Waals surface area contributed by atoms with E-state index in [1.54, 1.807) is 6.07 Å². The first-order valence-corrected chi connectivity index (χ1v) is 7.89. The van der Waals surface area contributed by atoms with Crippen LogP contribution in [0, 0.1) is 0 Å². The van der Waals surface area contributed by atoms with Gasteiger partial charge in [-0.25, -0.2) is 4.79 Å². The summed E-state index contributed by atoms with van der Waals surface area (Å²) in [5.41, 5.74) is 0. The van der Waals surface area contributed by atoms with Gasteiger partial charge in [-0.1, -0.05) is 0 Å². The molecule has 1 saturated heterocycles. The fourth-order valence-electron chi connectivity index (χ4n) is 2.02. The van der Waals surface area contributed by atoms with Gasteiger partial charge in [0.15, 0.2) is 0 Å². The van der Waals surface area contributed by atoms with E-state index in [4.69, 9.17) is 5.11 Å². The molecule has 1 aliphatic rings. The average molecular weight is 397 g/mol. The standard InChI is InChI=1S/C11H11Br2NO3S/c12-6-5-8(18-9(6)13)10(15)14-4-2-1-3-7(14)11(16)17/h5,7H,1-4H2,(H,16,17)/t7-/m1/s1. The molecule has 0 spiro atoms. The Morgan fingerprint density at radius 1 is 1.39 bits per heavy atom. The highest BCUT2D eigenvalue weighted by atomic mass is 79.9. The minimum absolute atomic E-state index is 0.196. The van der Waals surface area contributed by atoms with Crippen LogP contribution in [0.1, 0.15) is 28.9 Å². The predicted molar refractivity (Wildman–Crippen MR) is 76.0 cm³/mol. The van der Waals surface area contributed by atoms with Gasteiger partial charge in [-0.05, 0) is 57.2 Å². The quantitative estimate of drug-likeness (QED) is 0.833. The lowest BCUT2D eigenvalue weighted by Crippen LogP contribution is -2.47. The van der Waals surface area contributed by atoms with E-state index in [0.29, 0.717) is 17.8 Å². The number of aliphatic carboxylic acids is 1. The number of carbonyl (C=O) groups is 2. The number of amides is 1. The maximum absolute atomic E-state index is 12.3. The maximum atomic E-state index is 12.3. The SMILES string of the molecule is O=C(O)[C@H]1CCCCN1C(=O)c1cc(Br)c(Br)s1. The lowest BCUT2D eigenvalue weighted by Gasteiger charge is -2.32. The number of carboxylic acids is 1. The van der Waals surface area contributed by atoms with E-state index in [-0.39, 0.29) is 5.91 Å². The molecule has 18 heavy (non-hydrogen) atoms. The minimum Gasteiger partial charge on any atom is -0.480 e. The smallest absolute Gasteiger partial charge is 0.326 e. The highest BCUT2D eigenvalue weighted by Crippen LogP contribution is 2.34. The molecule has 1 N–H and O–H groups in total.